The Balaban J connectivity index is 1.70. The van der Waals surface area contributed by atoms with E-state index in [1.807, 2.05) is 67.6 Å². The summed E-state index contributed by atoms with van der Waals surface area (Å²) < 4.78 is 5.96. The number of nitrogens with zero attached hydrogens (tertiary/aromatic N) is 3. The van der Waals surface area contributed by atoms with Gasteiger partial charge in [0.15, 0.2) is 0 Å². The molecule has 0 fully saturated rings. The SMILES string of the molecule is CCOC(=O)CN(C(=O)CSc1nc(-c2ccccc2)cc(-c2ccc(C)cc2)c1C#N)c1ccc(Br)cc1. The van der Waals surface area contributed by atoms with Crippen LogP contribution in [0, 0.1) is 18.3 Å². The van der Waals surface area contributed by atoms with Crippen molar-refractivity contribution >= 4 is 45.3 Å². The average Bonchev–Trinajstić information content (AvgIpc) is 2.95. The molecule has 0 saturated heterocycles. The number of rotatable bonds is 9. The van der Waals surface area contributed by atoms with Gasteiger partial charge in [-0.15, -0.1) is 0 Å². The first-order chi connectivity index (χ1) is 18.9. The van der Waals surface area contributed by atoms with Crippen molar-refractivity contribution in [3.63, 3.8) is 0 Å². The van der Waals surface area contributed by atoms with Crippen LogP contribution in [0.3, 0.4) is 0 Å². The first-order valence-corrected chi connectivity index (χ1v) is 14.1. The van der Waals surface area contributed by atoms with Gasteiger partial charge < -0.3 is 9.64 Å². The molecule has 4 rings (SSSR count). The summed E-state index contributed by atoms with van der Waals surface area (Å²) in [6, 6.07) is 29.0. The minimum Gasteiger partial charge on any atom is -0.465 e. The van der Waals surface area contributed by atoms with E-state index >= 15 is 0 Å². The van der Waals surface area contributed by atoms with E-state index in [0.717, 1.165) is 26.7 Å². The number of carbonyl (C=O) groups is 2. The molecule has 0 aliphatic heterocycles. The van der Waals surface area contributed by atoms with Crippen molar-refractivity contribution in [3.8, 4) is 28.5 Å². The van der Waals surface area contributed by atoms with Crippen molar-refractivity contribution in [2.45, 2.75) is 18.9 Å². The fraction of sp³-hybridized carbons (Fsp3) is 0.161. The molecule has 0 atom stereocenters. The van der Waals surface area contributed by atoms with Crippen molar-refractivity contribution in [2.75, 3.05) is 23.8 Å². The van der Waals surface area contributed by atoms with Gasteiger partial charge in [0.25, 0.3) is 0 Å². The molecule has 1 heterocycles. The summed E-state index contributed by atoms with van der Waals surface area (Å²) in [4.78, 5) is 32.0. The van der Waals surface area contributed by atoms with Crippen LogP contribution in [0.15, 0.2) is 94.4 Å². The van der Waals surface area contributed by atoms with E-state index < -0.39 is 5.97 Å². The molecule has 1 aromatic heterocycles. The summed E-state index contributed by atoms with van der Waals surface area (Å²) in [7, 11) is 0. The third-order valence-corrected chi connectivity index (χ3v) is 7.38. The third-order valence-electron chi connectivity index (χ3n) is 5.89. The Labute approximate surface area is 240 Å². The largest absolute Gasteiger partial charge is 0.465 e. The summed E-state index contributed by atoms with van der Waals surface area (Å²) in [5.74, 6) is -0.826. The predicted octanol–water partition coefficient (Wildman–Crippen LogP) is 7.05. The second-order valence-corrected chi connectivity index (χ2v) is 10.5. The van der Waals surface area contributed by atoms with E-state index in [1.54, 1.807) is 31.2 Å². The topological polar surface area (TPSA) is 83.3 Å². The highest BCUT2D eigenvalue weighted by Gasteiger charge is 2.22. The van der Waals surface area contributed by atoms with E-state index in [0.29, 0.717) is 22.0 Å². The van der Waals surface area contributed by atoms with Crippen LogP contribution in [0.25, 0.3) is 22.4 Å². The normalized spacial score (nSPS) is 10.5. The van der Waals surface area contributed by atoms with Crippen LogP contribution in [0.5, 0.6) is 0 Å². The van der Waals surface area contributed by atoms with Crippen LogP contribution in [-0.2, 0) is 14.3 Å². The molecule has 0 bridgehead atoms. The number of pyridine rings is 1. The molecule has 0 spiro atoms. The first kappa shape index (κ1) is 28.1. The number of esters is 1. The number of thioether (sulfide) groups is 1. The molecular formula is C31H26BrN3O3S. The maximum atomic E-state index is 13.5. The number of halogens is 1. The standard InChI is InChI=1S/C31H26BrN3O3S/c1-3-38-30(37)19-35(25-15-13-24(32)14-16-25)29(36)20-39-31-27(18-33)26(22-11-9-21(2)10-12-22)17-28(34-31)23-7-5-4-6-8-23/h4-17H,3,19-20H2,1-2H3. The van der Waals surface area contributed by atoms with Crippen LogP contribution in [0.4, 0.5) is 5.69 Å². The lowest BCUT2D eigenvalue weighted by molar-refractivity contribution is -0.142. The minimum absolute atomic E-state index is 0.0251. The summed E-state index contributed by atoms with van der Waals surface area (Å²) >= 11 is 4.58. The number of carbonyl (C=O) groups excluding carboxylic acids is 2. The molecule has 1 amide bonds. The number of aromatic nitrogens is 1. The van der Waals surface area contributed by atoms with Crippen LogP contribution >= 0.6 is 27.7 Å². The zero-order valence-electron chi connectivity index (χ0n) is 21.6. The second kappa shape index (κ2) is 13.2. The van der Waals surface area contributed by atoms with E-state index in [1.165, 1.54) is 16.7 Å². The minimum atomic E-state index is -0.498. The Morgan fingerprint density at radius 1 is 1.00 bits per heavy atom. The Hall–Kier alpha value is -3.93. The molecule has 4 aromatic rings. The van der Waals surface area contributed by atoms with Crippen molar-refractivity contribution in [1.29, 1.82) is 5.26 Å². The number of nitriles is 1. The van der Waals surface area contributed by atoms with Gasteiger partial charge in [0.2, 0.25) is 5.91 Å². The fourth-order valence-corrected chi connectivity index (χ4v) is 5.08. The molecule has 0 N–H and O–H groups in total. The number of anilines is 1. The van der Waals surface area contributed by atoms with Crippen LogP contribution < -0.4 is 4.90 Å². The van der Waals surface area contributed by atoms with Crippen LogP contribution in [0.1, 0.15) is 18.1 Å². The van der Waals surface area contributed by atoms with Crippen molar-refractivity contribution in [3.05, 3.63) is 101 Å². The summed E-state index contributed by atoms with van der Waals surface area (Å²) in [6.07, 6.45) is 0. The van der Waals surface area contributed by atoms with Crippen LogP contribution in [0.2, 0.25) is 0 Å². The molecule has 8 heteroatoms. The molecule has 0 aliphatic rings. The summed E-state index contributed by atoms with van der Waals surface area (Å²) in [5, 5.41) is 10.6. The molecular weight excluding hydrogens is 574 g/mol. The highest BCUT2D eigenvalue weighted by atomic mass is 79.9. The van der Waals surface area contributed by atoms with Crippen molar-refractivity contribution < 1.29 is 14.3 Å². The van der Waals surface area contributed by atoms with Gasteiger partial charge in [0.1, 0.15) is 17.6 Å². The number of hydrogen-bond acceptors (Lipinski definition) is 6. The smallest absolute Gasteiger partial charge is 0.326 e. The molecule has 0 aliphatic carbocycles. The molecule has 196 valence electrons. The summed E-state index contributed by atoms with van der Waals surface area (Å²) in [6.45, 7) is 3.74. The van der Waals surface area contributed by atoms with Gasteiger partial charge >= 0.3 is 5.97 Å². The number of ether oxygens (including phenoxy) is 1. The lowest BCUT2D eigenvalue weighted by atomic mass is 9.98. The van der Waals surface area contributed by atoms with E-state index in [2.05, 4.69) is 22.0 Å². The second-order valence-electron chi connectivity index (χ2n) is 8.63. The van der Waals surface area contributed by atoms with Gasteiger partial charge in [-0.05, 0) is 49.7 Å². The number of aryl methyl sites for hydroxylation is 1. The summed E-state index contributed by atoms with van der Waals surface area (Å²) in [5.41, 5.74) is 5.34. The monoisotopic (exact) mass is 599 g/mol. The molecule has 0 saturated carbocycles. The maximum absolute atomic E-state index is 13.5. The fourth-order valence-electron chi connectivity index (χ4n) is 3.94. The van der Waals surface area contributed by atoms with Crippen molar-refractivity contribution in [1.82, 2.24) is 4.98 Å². The Morgan fingerprint density at radius 3 is 2.33 bits per heavy atom. The van der Waals surface area contributed by atoms with Gasteiger partial charge in [-0.2, -0.15) is 5.26 Å². The molecule has 39 heavy (non-hydrogen) atoms. The van der Waals surface area contributed by atoms with Gasteiger partial charge in [-0.3, -0.25) is 9.59 Å². The Morgan fingerprint density at radius 2 is 1.69 bits per heavy atom. The van der Waals surface area contributed by atoms with E-state index in [4.69, 9.17) is 9.72 Å². The molecule has 0 radical (unpaired) electrons. The first-order valence-electron chi connectivity index (χ1n) is 12.3. The third kappa shape index (κ3) is 7.14. The Bertz CT molecular complexity index is 1500. The predicted molar refractivity (Wildman–Crippen MR) is 158 cm³/mol. The number of hydrogen-bond donors (Lipinski definition) is 0. The molecule has 6 nitrogen and oxygen atoms in total. The Kier molecular flexibility index (Phi) is 9.53. The number of benzene rings is 3. The highest BCUT2D eigenvalue weighted by Crippen LogP contribution is 2.34. The molecule has 3 aromatic carbocycles. The lowest BCUT2D eigenvalue weighted by Crippen LogP contribution is -2.37. The van der Waals surface area contributed by atoms with Gasteiger partial charge in [0.05, 0.1) is 23.6 Å². The van der Waals surface area contributed by atoms with E-state index in [9.17, 15) is 14.9 Å². The van der Waals surface area contributed by atoms with Gasteiger partial charge in [-0.25, -0.2) is 4.98 Å². The number of amides is 1. The van der Waals surface area contributed by atoms with Gasteiger partial charge in [0, 0.05) is 21.3 Å². The van der Waals surface area contributed by atoms with Gasteiger partial charge in [-0.1, -0.05) is 87.9 Å². The lowest BCUT2D eigenvalue weighted by Gasteiger charge is -2.22. The molecule has 0 unspecified atom stereocenters. The average molecular weight is 601 g/mol. The zero-order chi connectivity index (χ0) is 27.8. The zero-order valence-corrected chi connectivity index (χ0v) is 24.0. The maximum Gasteiger partial charge on any atom is 0.326 e. The quantitative estimate of drug-likeness (QED) is 0.151. The van der Waals surface area contributed by atoms with Crippen LogP contribution in [-0.4, -0.2) is 35.8 Å². The van der Waals surface area contributed by atoms with E-state index in [-0.39, 0.29) is 24.8 Å². The van der Waals surface area contributed by atoms with Crippen molar-refractivity contribution in [2.24, 2.45) is 0 Å². The highest BCUT2D eigenvalue weighted by molar-refractivity contribution is 9.10.